The maximum Gasteiger partial charge on any atom is 0.417 e. The molecule has 7 nitrogen and oxygen atoms in total. The molecule has 0 radical (unpaired) electrons. The van der Waals surface area contributed by atoms with Gasteiger partial charge in [-0.3, -0.25) is 25.0 Å². The molecule has 30 heavy (non-hydrogen) atoms. The van der Waals surface area contributed by atoms with E-state index in [1.807, 2.05) is 4.90 Å². The molecule has 1 N–H and O–H groups in total. The smallest absolute Gasteiger partial charge is 0.381 e. The number of carbonyl (C=O) groups is 2. The fraction of sp³-hybridized carbons (Fsp3) is 0.650. The minimum atomic E-state index is -4.49. The Labute approximate surface area is 172 Å². The molecular formula is C20H25F3N4O3. The number of rotatable bonds is 4. The van der Waals surface area contributed by atoms with Crippen LogP contribution in [0.5, 0.6) is 0 Å². The number of amides is 2. The third-order valence-corrected chi connectivity index (χ3v) is 6.30. The molecule has 3 heterocycles. The van der Waals surface area contributed by atoms with E-state index in [9.17, 15) is 22.8 Å². The Balaban J connectivity index is 1.40. The zero-order chi connectivity index (χ0) is 21.3. The number of nitrogens with one attached hydrogen (secondary N) is 1. The van der Waals surface area contributed by atoms with E-state index in [4.69, 9.17) is 4.74 Å². The molecule has 1 aromatic heterocycles. The molecule has 2 atom stereocenters. The Morgan fingerprint density at radius 1 is 1.23 bits per heavy atom. The fourth-order valence-electron chi connectivity index (χ4n) is 4.66. The second-order valence-electron chi connectivity index (χ2n) is 8.13. The second-order valence-corrected chi connectivity index (χ2v) is 8.13. The molecule has 1 aromatic rings. The standard InChI is InChI=1S/C20H25F3N4O3/c21-20(22,23)14-10-18-17(24-11-14)3-6-27(25-18)19(29)13-1-2-16(9-13)26(12-28)15-4-7-30-8-5-15/h10-13,15-16,25H,1-9H2/t13-,16?/m0/s1. The van der Waals surface area contributed by atoms with Crippen LogP contribution in [0.2, 0.25) is 0 Å². The van der Waals surface area contributed by atoms with E-state index in [0.717, 1.165) is 37.9 Å². The van der Waals surface area contributed by atoms with Crippen molar-refractivity contribution in [3.8, 4) is 0 Å². The topological polar surface area (TPSA) is 74.8 Å². The molecule has 0 spiro atoms. The van der Waals surface area contributed by atoms with Crippen molar-refractivity contribution in [2.45, 2.75) is 56.8 Å². The third-order valence-electron chi connectivity index (χ3n) is 6.30. The highest BCUT2D eigenvalue weighted by Gasteiger charge is 2.39. The van der Waals surface area contributed by atoms with Crippen LogP contribution in [0.25, 0.3) is 0 Å². The van der Waals surface area contributed by atoms with Gasteiger partial charge in [-0.2, -0.15) is 13.2 Å². The Morgan fingerprint density at radius 2 is 2.00 bits per heavy atom. The van der Waals surface area contributed by atoms with E-state index < -0.39 is 11.7 Å². The SMILES string of the molecule is O=CN(C1CCOCC1)C1CC[C@H](C(=O)N2CCc3ncc(C(F)(F)F)cc3N2)C1. The van der Waals surface area contributed by atoms with Crippen molar-refractivity contribution in [1.82, 2.24) is 14.9 Å². The minimum Gasteiger partial charge on any atom is -0.381 e. The molecule has 0 aromatic carbocycles. The summed E-state index contributed by atoms with van der Waals surface area (Å²) in [5.41, 5.74) is 2.72. The van der Waals surface area contributed by atoms with Crippen LogP contribution >= 0.6 is 0 Å². The lowest BCUT2D eigenvalue weighted by Crippen LogP contribution is -2.46. The van der Waals surface area contributed by atoms with Crippen LogP contribution in [-0.2, 0) is 26.9 Å². The van der Waals surface area contributed by atoms with E-state index in [0.29, 0.717) is 44.7 Å². The third kappa shape index (κ3) is 4.23. The number of ether oxygens (including phenoxy) is 1. The van der Waals surface area contributed by atoms with Gasteiger partial charge in [-0.05, 0) is 38.2 Å². The number of fused-ring (bicyclic) bond motifs is 1. The lowest BCUT2D eigenvalue weighted by molar-refractivity contribution is -0.137. The van der Waals surface area contributed by atoms with Crippen LogP contribution in [0, 0.1) is 5.92 Å². The first-order valence-electron chi connectivity index (χ1n) is 10.3. The highest BCUT2D eigenvalue weighted by Crippen LogP contribution is 2.35. The Hall–Kier alpha value is -2.36. The first-order valence-corrected chi connectivity index (χ1v) is 10.3. The summed E-state index contributed by atoms with van der Waals surface area (Å²) in [7, 11) is 0. The predicted molar refractivity (Wildman–Crippen MR) is 101 cm³/mol. The van der Waals surface area contributed by atoms with E-state index in [1.165, 1.54) is 5.01 Å². The number of pyridine rings is 1. The van der Waals surface area contributed by atoms with Crippen molar-refractivity contribution in [3.63, 3.8) is 0 Å². The molecule has 10 heteroatoms. The number of anilines is 1. The fourth-order valence-corrected chi connectivity index (χ4v) is 4.66. The molecule has 2 amide bonds. The molecule has 2 fully saturated rings. The maximum atomic E-state index is 13.0. The summed E-state index contributed by atoms with van der Waals surface area (Å²) in [6.07, 6.45) is 1.18. The molecule has 1 saturated carbocycles. The van der Waals surface area contributed by atoms with Gasteiger partial charge in [0, 0.05) is 50.4 Å². The predicted octanol–water partition coefficient (Wildman–Crippen LogP) is 2.62. The first-order chi connectivity index (χ1) is 14.4. The largest absolute Gasteiger partial charge is 0.417 e. The summed E-state index contributed by atoms with van der Waals surface area (Å²) >= 11 is 0. The normalized spacial score (nSPS) is 24.8. The molecular weight excluding hydrogens is 401 g/mol. The van der Waals surface area contributed by atoms with Crippen LogP contribution in [-0.4, -0.2) is 59.1 Å². The molecule has 3 aliphatic rings. The van der Waals surface area contributed by atoms with Gasteiger partial charge in [0.05, 0.1) is 16.9 Å². The van der Waals surface area contributed by atoms with Gasteiger partial charge < -0.3 is 9.64 Å². The lowest BCUT2D eigenvalue weighted by Gasteiger charge is -2.36. The van der Waals surface area contributed by atoms with Crippen LogP contribution in [0.1, 0.15) is 43.4 Å². The van der Waals surface area contributed by atoms with Gasteiger partial charge in [-0.25, -0.2) is 0 Å². The average Bonchev–Trinajstić information content (AvgIpc) is 3.23. The Morgan fingerprint density at radius 3 is 2.70 bits per heavy atom. The molecule has 2 aliphatic heterocycles. The summed E-state index contributed by atoms with van der Waals surface area (Å²) in [6.45, 7) is 1.62. The number of nitrogens with zero attached hydrogens (tertiary/aromatic N) is 3. The summed E-state index contributed by atoms with van der Waals surface area (Å²) in [5, 5.41) is 1.40. The number of alkyl halides is 3. The van der Waals surface area contributed by atoms with Gasteiger partial charge in [0.25, 0.3) is 0 Å². The zero-order valence-corrected chi connectivity index (χ0v) is 16.5. The molecule has 1 saturated heterocycles. The number of aromatic nitrogens is 1. The van der Waals surface area contributed by atoms with Gasteiger partial charge in [0.15, 0.2) is 0 Å². The van der Waals surface area contributed by atoms with Crippen molar-refractivity contribution in [3.05, 3.63) is 23.5 Å². The molecule has 1 unspecified atom stereocenters. The molecule has 164 valence electrons. The minimum absolute atomic E-state index is 0.00938. The highest BCUT2D eigenvalue weighted by molar-refractivity contribution is 5.81. The van der Waals surface area contributed by atoms with Gasteiger partial charge in [0.1, 0.15) is 0 Å². The number of hydrogen-bond donors (Lipinski definition) is 1. The van der Waals surface area contributed by atoms with Crippen molar-refractivity contribution in [2.24, 2.45) is 5.92 Å². The summed E-state index contributed by atoms with van der Waals surface area (Å²) < 4.78 is 44.3. The first kappa shape index (κ1) is 20.9. The van der Waals surface area contributed by atoms with Crippen molar-refractivity contribution < 1.29 is 27.5 Å². The van der Waals surface area contributed by atoms with Crippen molar-refractivity contribution in [1.29, 1.82) is 0 Å². The van der Waals surface area contributed by atoms with E-state index in [2.05, 4.69) is 10.4 Å². The summed E-state index contributed by atoms with van der Waals surface area (Å²) in [6, 6.07) is 1.15. The number of carbonyl (C=O) groups excluding carboxylic acids is 2. The van der Waals surface area contributed by atoms with Gasteiger partial charge in [-0.1, -0.05) is 0 Å². The number of hydrogen-bond acceptors (Lipinski definition) is 5. The van der Waals surface area contributed by atoms with Crippen LogP contribution in [0.15, 0.2) is 12.3 Å². The Kier molecular flexibility index (Phi) is 5.86. The quantitative estimate of drug-likeness (QED) is 0.750. The number of hydrazine groups is 1. The molecule has 4 rings (SSSR count). The summed E-state index contributed by atoms with van der Waals surface area (Å²) in [4.78, 5) is 30.5. The lowest BCUT2D eigenvalue weighted by atomic mass is 10.0. The summed E-state index contributed by atoms with van der Waals surface area (Å²) in [5.74, 6) is -0.400. The van der Waals surface area contributed by atoms with Crippen molar-refractivity contribution >= 4 is 18.0 Å². The number of halogens is 3. The van der Waals surface area contributed by atoms with Gasteiger partial charge >= 0.3 is 6.18 Å². The average molecular weight is 426 g/mol. The highest BCUT2D eigenvalue weighted by atomic mass is 19.4. The van der Waals surface area contributed by atoms with E-state index in [-0.39, 0.29) is 29.6 Å². The zero-order valence-electron chi connectivity index (χ0n) is 16.5. The molecule has 0 bridgehead atoms. The van der Waals surface area contributed by atoms with Gasteiger partial charge in [-0.15, -0.1) is 0 Å². The van der Waals surface area contributed by atoms with Crippen LogP contribution in [0.4, 0.5) is 18.9 Å². The van der Waals surface area contributed by atoms with Crippen LogP contribution in [0.3, 0.4) is 0 Å². The van der Waals surface area contributed by atoms with E-state index in [1.54, 1.807) is 0 Å². The van der Waals surface area contributed by atoms with Crippen molar-refractivity contribution in [2.75, 3.05) is 25.2 Å². The Bertz CT molecular complexity index is 798. The second kappa shape index (κ2) is 8.41. The van der Waals surface area contributed by atoms with Crippen LogP contribution < -0.4 is 5.43 Å². The monoisotopic (exact) mass is 426 g/mol. The molecule has 1 aliphatic carbocycles. The van der Waals surface area contributed by atoms with E-state index >= 15 is 0 Å². The maximum absolute atomic E-state index is 13.0. The van der Waals surface area contributed by atoms with Gasteiger partial charge in [0.2, 0.25) is 12.3 Å².